The van der Waals surface area contributed by atoms with Crippen LogP contribution in [0.1, 0.15) is 6.92 Å². The Morgan fingerprint density at radius 1 is 1.50 bits per heavy atom. The number of aromatic nitrogens is 4. The number of carbonyl (C=O) groups is 1. The van der Waals surface area contributed by atoms with Gasteiger partial charge < -0.3 is 15.4 Å². The lowest BCUT2D eigenvalue weighted by molar-refractivity contribution is -0.123. The number of amides is 1. The van der Waals surface area contributed by atoms with Crippen LogP contribution in [0.4, 0.5) is 5.69 Å². The molecule has 0 radical (unpaired) electrons. The van der Waals surface area contributed by atoms with E-state index in [0.717, 1.165) is 5.56 Å². The number of aryl methyl sites for hydroxylation is 1. The van der Waals surface area contributed by atoms with Gasteiger partial charge in [-0.25, -0.2) is 4.68 Å². The summed E-state index contributed by atoms with van der Waals surface area (Å²) in [4.78, 5) is 12.3. The molecular formula is C14H18N6O2. The second kappa shape index (κ2) is 6.20. The molecule has 2 heterocycles. The number of rotatable bonds is 3. The first-order chi connectivity index (χ1) is 10.6. The number of nitrogens with zero attached hydrogens (tertiary/aromatic N) is 4. The molecular weight excluding hydrogens is 284 g/mol. The average Bonchev–Trinajstić information content (AvgIpc) is 2.94. The maximum Gasteiger partial charge on any atom is 0.244 e. The van der Waals surface area contributed by atoms with Gasteiger partial charge in [-0.05, 0) is 29.5 Å². The van der Waals surface area contributed by atoms with Crippen molar-refractivity contribution in [2.24, 2.45) is 7.05 Å². The quantitative estimate of drug-likeness (QED) is 0.841. The maximum atomic E-state index is 12.3. The highest BCUT2D eigenvalue weighted by Gasteiger charge is 2.28. The Hall–Kier alpha value is -2.32. The van der Waals surface area contributed by atoms with E-state index in [9.17, 15) is 4.79 Å². The zero-order valence-electron chi connectivity index (χ0n) is 12.5. The average molecular weight is 302 g/mol. The zero-order valence-corrected chi connectivity index (χ0v) is 12.5. The summed E-state index contributed by atoms with van der Waals surface area (Å²) in [7, 11) is 1.77. The second-order valence-corrected chi connectivity index (χ2v) is 5.20. The Bertz CT molecular complexity index is 671. The molecule has 3 rings (SSSR count). The lowest BCUT2D eigenvalue weighted by atomic mass is 10.1. The highest BCUT2D eigenvalue weighted by Crippen LogP contribution is 2.20. The van der Waals surface area contributed by atoms with Gasteiger partial charge in [0.2, 0.25) is 5.91 Å². The summed E-state index contributed by atoms with van der Waals surface area (Å²) in [5.74, 6) is 0.532. The molecule has 116 valence electrons. The van der Waals surface area contributed by atoms with Crippen molar-refractivity contribution < 1.29 is 9.53 Å². The standard InChI is InChI=1S/C14H18N6O2/c1-9-12(15-6-7-22-9)14(21)16-11-5-3-4-10(8-11)13-17-18-19-20(13)2/h3-5,8-9,12,15H,6-7H2,1-2H3,(H,16,21)/t9-,12+/m1/s1. The number of carbonyl (C=O) groups excluding carboxylic acids is 1. The number of hydrogen-bond acceptors (Lipinski definition) is 6. The summed E-state index contributed by atoms with van der Waals surface area (Å²) in [6.07, 6.45) is -0.153. The molecule has 1 aromatic carbocycles. The van der Waals surface area contributed by atoms with Crippen LogP contribution in [0.2, 0.25) is 0 Å². The van der Waals surface area contributed by atoms with E-state index in [0.29, 0.717) is 24.7 Å². The van der Waals surface area contributed by atoms with Crippen LogP contribution in [0.25, 0.3) is 11.4 Å². The van der Waals surface area contributed by atoms with E-state index >= 15 is 0 Å². The number of hydrogen-bond donors (Lipinski definition) is 2. The van der Waals surface area contributed by atoms with E-state index < -0.39 is 0 Å². The summed E-state index contributed by atoms with van der Waals surface area (Å²) in [6.45, 7) is 3.19. The summed E-state index contributed by atoms with van der Waals surface area (Å²) >= 11 is 0. The third kappa shape index (κ3) is 2.97. The molecule has 0 aliphatic carbocycles. The molecule has 2 aromatic rings. The predicted molar refractivity (Wildman–Crippen MR) is 80.1 cm³/mol. The first-order valence-corrected chi connectivity index (χ1v) is 7.14. The third-order valence-corrected chi connectivity index (χ3v) is 3.61. The van der Waals surface area contributed by atoms with Crippen molar-refractivity contribution >= 4 is 11.6 Å². The molecule has 1 amide bonds. The summed E-state index contributed by atoms with van der Waals surface area (Å²) in [5.41, 5.74) is 1.54. The highest BCUT2D eigenvalue weighted by atomic mass is 16.5. The third-order valence-electron chi connectivity index (χ3n) is 3.61. The summed E-state index contributed by atoms with van der Waals surface area (Å²) in [5, 5.41) is 17.5. The molecule has 1 saturated heterocycles. The first-order valence-electron chi connectivity index (χ1n) is 7.14. The summed E-state index contributed by atoms with van der Waals surface area (Å²) in [6, 6.07) is 7.07. The molecule has 0 unspecified atom stereocenters. The van der Waals surface area contributed by atoms with Gasteiger partial charge in [0, 0.05) is 24.8 Å². The molecule has 22 heavy (non-hydrogen) atoms. The molecule has 0 spiro atoms. The van der Waals surface area contributed by atoms with Gasteiger partial charge in [-0.2, -0.15) is 0 Å². The van der Waals surface area contributed by atoms with Gasteiger partial charge in [-0.3, -0.25) is 4.79 Å². The SMILES string of the molecule is C[C@H]1OCCN[C@@H]1C(=O)Nc1cccc(-c2nnnn2C)c1. The molecule has 2 N–H and O–H groups in total. The normalized spacial score (nSPS) is 21.5. The second-order valence-electron chi connectivity index (χ2n) is 5.20. The van der Waals surface area contributed by atoms with Gasteiger partial charge in [-0.1, -0.05) is 12.1 Å². The first kappa shape index (κ1) is 14.6. The van der Waals surface area contributed by atoms with Crippen molar-refractivity contribution in [1.29, 1.82) is 0 Å². The van der Waals surface area contributed by atoms with E-state index in [-0.39, 0.29) is 18.1 Å². The number of tetrazole rings is 1. The number of ether oxygens (including phenoxy) is 1. The van der Waals surface area contributed by atoms with Gasteiger partial charge >= 0.3 is 0 Å². The van der Waals surface area contributed by atoms with Crippen LogP contribution in [0.5, 0.6) is 0 Å². The molecule has 8 heteroatoms. The minimum atomic E-state index is -0.353. The van der Waals surface area contributed by atoms with Crippen LogP contribution in [0.3, 0.4) is 0 Å². The molecule has 1 aliphatic heterocycles. The van der Waals surface area contributed by atoms with E-state index in [1.807, 2.05) is 31.2 Å². The highest BCUT2D eigenvalue weighted by molar-refractivity contribution is 5.95. The minimum absolute atomic E-state index is 0.111. The monoisotopic (exact) mass is 302 g/mol. The number of morpholine rings is 1. The predicted octanol–water partition coefficient (Wildman–Crippen LogP) is 0.192. The van der Waals surface area contributed by atoms with Crippen LogP contribution in [-0.4, -0.2) is 51.4 Å². The Kier molecular flexibility index (Phi) is 4.12. The van der Waals surface area contributed by atoms with Gasteiger partial charge in [0.15, 0.2) is 5.82 Å². The molecule has 1 fully saturated rings. The fraction of sp³-hybridized carbons (Fsp3) is 0.429. The van der Waals surface area contributed by atoms with Crippen LogP contribution >= 0.6 is 0 Å². The fourth-order valence-electron chi connectivity index (χ4n) is 2.46. The molecule has 0 bridgehead atoms. The van der Waals surface area contributed by atoms with Gasteiger partial charge in [0.05, 0.1) is 12.7 Å². The fourth-order valence-corrected chi connectivity index (χ4v) is 2.46. The zero-order chi connectivity index (χ0) is 15.5. The van der Waals surface area contributed by atoms with Crippen molar-refractivity contribution in [1.82, 2.24) is 25.5 Å². The Labute approximate surface area is 127 Å². The van der Waals surface area contributed by atoms with Crippen molar-refractivity contribution in [3.63, 3.8) is 0 Å². The van der Waals surface area contributed by atoms with E-state index in [2.05, 4.69) is 26.2 Å². The van der Waals surface area contributed by atoms with Crippen molar-refractivity contribution in [2.45, 2.75) is 19.1 Å². The van der Waals surface area contributed by atoms with Crippen LogP contribution < -0.4 is 10.6 Å². The topological polar surface area (TPSA) is 94.0 Å². The van der Waals surface area contributed by atoms with E-state index in [1.54, 1.807) is 11.7 Å². The summed E-state index contributed by atoms with van der Waals surface area (Å²) < 4.78 is 7.08. The minimum Gasteiger partial charge on any atom is -0.375 e. The van der Waals surface area contributed by atoms with Gasteiger partial charge in [0.1, 0.15) is 6.04 Å². The number of nitrogens with one attached hydrogen (secondary N) is 2. The van der Waals surface area contributed by atoms with Crippen LogP contribution in [0, 0.1) is 0 Å². The Balaban J connectivity index is 1.75. The molecule has 1 aromatic heterocycles. The molecule has 0 saturated carbocycles. The number of anilines is 1. The van der Waals surface area contributed by atoms with Crippen molar-refractivity contribution in [3.8, 4) is 11.4 Å². The van der Waals surface area contributed by atoms with Crippen molar-refractivity contribution in [2.75, 3.05) is 18.5 Å². The smallest absolute Gasteiger partial charge is 0.244 e. The van der Waals surface area contributed by atoms with Gasteiger partial charge in [0.25, 0.3) is 0 Å². The largest absolute Gasteiger partial charge is 0.375 e. The molecule has 2 atom stereocenters. The maximum absolute atomic E-state index is 12.3. The van der Waals surface area contributed by atoms with Crippen LogP contribution in [-0.2, 0) is 16.6 Å². The van der Waals surface area contributed by atoms with Crippen molar-refractivity contribution in [3.05, 3.63) is 24.3 Å². The van der Waals surface area contributed by atoms with Crippen LogP contribution in [0.15, 0.2) is 24.3 Å². The number of benzene rings is 1. The molecule has 8 nitrogen and oxygen atoms in total. The Morgan fingerprint density at radius 3 is 3.09 bits per heavy atom. The molecule has 1 aliphatic rings. The van der Waals surface area contributed by atoms with E-state index in [1.165, 1.54) is 0 Å². The van der Waals surface area contributed by atoms with E-state index in [4.69, 9.17) is 4.74 Å². The lowest BCUT2D eigenvalue weighted by Gasteiger charge is -2.29. The lowest BCUT2D eigenvalue weighted by Crippen LogP contribution is -2.53. The van der Waals surface area contributed by atoms with Gasteiger partial charge in [-0.15, -0.1) is 5.10 Å². The Morgan fingerprint density at radius 2 is 2.36 bits per heavy atom.